The molecule has 8 heteroatoms. The van der Waals surface area contributed by atoms with Gasteiger partial charge in [0.1, 0.15) is 11.4 Å². The fraction of sp³-hybridized carbons (Fsp3) is 0.600. The van der Waals surface area contributed by atoms with E-state index in [1.165, 1.54) is 0 Å². The number of carbonyl (C=O) groups excluding carboxylic acids is 1. The third kappa shape index (κ3) is 11.9. The lowest BCUT2D eigenvalue weighted by Gasteiger charge is -2.19. The molecular formula is C20H35IN4O3. The van der Waals surface area contributed by atoms with Crippen molar-refractivity contribution in [2.24, 2.45) is 4.99 Å². The number of benzene rings is 1. The van der Waals surface area contributed by atoms with Crippen molar-refractivity contribution in [1.29, 1.82) is 0 Å². The quantitative estimate of drug-likeness (QED) is 0.207. The first-order valence-electron chi connectivity index (χ1n) is 9.46. The summed E-state index contributed by atoms with van der Waals surface area (Å²) in [4.78, 5) is 16.1. The third-order valence-electron chi connectivity index (χ3n) is 3.50. The molecule has 1 rings (SSSR count). The van der Waals surface area contributed by atoms with Gasteiger partial charge in [-0.25, -0.2) is 4.79 Å². The molecule has 0 heterocycles. The number of rotatable bonds is 9. The van der Waals surface area contributed by atoms with Gasteiger partial charge in [0.15, 0.2) is 5.96 Å². The molecule has 0 bridgehead atoms. The lowest BCUT2D eigenvalue weighted by atomic mass is 10.1. The lowest BCUT2D eigenvalue weighted by Crippen LogP contribution is -2.38. The Hall–Kier alpha value is -1.71. The van der Waals surface area contributed by atoms with Crippen LogP contribution in [-0.4, -0.2) is 50.9 Å². The van der Waals surface area contributed by atoms with Crippen LogP contribution in [0.25, 0.3) is 0 Å². The zero-order chi connectivity index (χ0) is 20.1. The molecule has 0 aliphatic carbocycles. The maximum atomic E-state index is 11.6. The van der Waals surface area contributed by atoms with Crippen molar-refractivity contribution in [3.63, 3.8) is 0 Å². The van der Waals surface area contributed by atoms with Crippen molar-refractivity contribution < 1.29 is 14.3 Å². The zero-order valence-electron chi connectivity index (χ0n) is 17.6. The number of nitrogens with one attached hydrogen (secondary N) is 3. The molecule has 0 atom stereocenters. The standard InChI is InChI=1S/C20H34N4O3.HI/c1-6-21-18(22-13-9-14-24-19(25)27-20(2,3)4)23-15-12-16-10-7-8-11-17(16)26-5;/h7-8,10-11H,6,9,12-15H2,1-5H3,(H,24,25)(H2,21,22,23);1H. The topological polar surface area (TPSA) is 84.0 Å². The molecule has 1 aromatic carbocycles. The van der Waals surface area contributed by atoms with Crippen molar-refractivity contribution >= 4 is 36.0 Å². The van der Waals surface area contributed by atoms with E-state index in [4.69, 9.17) is 9.47 Å². The van der Waals surface area contributed by atoms with Crippen LogP contribution in [0.1, 0.15) is 39.7 Å². The SMILES string of the molecule is CCNC(=NCCCNC(=O)OC(C)(C)C)NCCc1ccccc1OC.I. The number of carbonyl (C=O) groups is 1. The number of guanidine groups is 1. The monoisotopic (exact) mass is 506 g/mol. The molecule has 0 fully saturated rings. The highest BCUT2D eigenvalue weighted by molar-refractivity contribution is 14.0. The Bertz CT molecular complexity index is 603. The molecule has 7 nitrogen and oxygen atoms in total. The Morgan fingerprint density at radius 3 is 2.46 bits per heavy atom. The molecule has 0 aromatic heterocycles. The maximum absolute atomic E-state index is 11.6. The van der Waals surface area contributed by atoms with Crippen LogP contribution in [0, 0.1) is 0 Å². The van der Waals surface area contributed by atoms with E-state index in [1.807, 2.05) is 45.9 Å². The van der Waals surface area contributed by atoms with Gasteiger partial charge >= 0.3 is 6.09 Å². The molecular weight excluding hydrogens is 471 g/mol. The molecule has 1 amide bonds. The van der Waals surface area contributed by atoms with Gasteiger partial charge in [-0.1, -0.05) is 18.2 Å². The van der Waals surface area contributed by atoms with Crippen LogP contribution in [0.4, 0.5) is 4.79 Å². The molecule has 0 saturated heterocycles. The van der Waals surface area contributed by atoms with Crippen molar-refractivity contribution in [1.82, 2.24) is 16.0 Å². The minimum absolute atomic E-state index is 0. The number of methoxy groups -OCH3 is 1. The summed E-state index contributed by atoms with van der Waals surface area (Å²) in [5, 5.41) is 9.28. The van der Waals surface area contributed by atoms with Crippen molar-refractivity contribution in [2.45, 2.75) is 46.1 Å². The normalized spacial score (nSPS) is 11.2. The molecule has 3 N–H and O–H groups in total. The Kier molecular flexibility index (Phi) is 13.4. The number of nitrogens with zero attached hydrogens (tertiary/aromatic N) is 1. The first-order chi connectivity index (χ1) is 12.9. The summed E-state index contributed by atoms with van der Waals surface area (Å²) in [6.45, 7) is 10.2. The Morgan fingerprint density at radius 2 is 1.82 bits per heavy atom. The predicted octanol–water partition coefficient (Wildman–Crippen LogP) is 3.33. The van der Waals surface area contributed by atoms with Gasteiger partial charge in [-0.15, -0.1) is 24.0 Å². The van der Waals surface area contributed by atoms with Crippen molar-refractivity contribution in [2.75, 3.05) is 33.3 Å². The maximum Gasteiger partial charge on any atom is 0.407 e. The number of amides is 1. The smallest absolute Gasteiger partial charge is 0.407 e. The van der Waals surface area contributed by atoms with E-state index in [9.17, 15) is 4.79 Å². The average molecular weight is 506 g/mol. The van der Waals surface area contributed by atoms with Crippen LogP contribution in [0.3, 0.4) is 0 Å². The summed E-state index contributed by atoms with van der Waals surface area (Å²) in [6, 6.07) is 8.00. The summed E-state index contributed by atoms with van der Waals surface area (Å²) < 4.78 is 10.6. The zero-order valence-corrected chi connectivity index (χ0v) is 20.0. The number of ether oxygens (including phenoxy) is 2. The summed E-state index contributed by atoms with van der Waals surface area (Å²) in [5.41, 5.74) is 0.677. The number of aliphatic imine (C=N–C) groups is 1. The van der Waals surface area contributed by atoms with Gasteiger partial charge in [-0.05, 0) is 52.2 Å². The second-order valence-corrected chi connectivity index (χ2v) is 7.03. The third-order valence-corrected chi connectivity index (χ3v) is 3.50. The molecule has 0 spiro atoms. The van der Waals surface area contributed by atoms with Gasteiger partial charge in [0.2, 0.25) is 0 Å². The summed E-state index contributed by atoms with van der Waals surface area (Å²) >= 11 is 0. The fourth-order valence-corrected chi connectivity index (χ4v) is 2.34. The molecule has 160 valence electrons. The minimum Gasteiger partial charge on any atom is -0.496 e. The van der Waals surface area contributed by atoms with Gasteiger partial charge in [0.05, 0.1) is 7.11 Å². The Morgan fingerprint density at radius 1 is 1.11 bits per heavy atom. The van der Waals surface area contributed by atoms with Crippen molar-refractivity contribution in [3.05, 3.63) is 29.8 Å². The molecule has 0 saturated carbocycles. The van der Waals surface area contributed by atoms with E-state index < -0.39 is 11.7 Å². The van der Waals surface area contributed by atoms with E-state index in [1.54, 1.807) is 7.11 Å². The Balaban J connectivity index is 0.00000729. The second-order valence-electron chi connectivity index (χ2n) is 7.03. The van der Waals surface area contributed by atoms with Gasteiger partial charge in [-0.2, -0.15) is 0 Å². The van der Waals surface area contributed by atoms with Gasteiger partial charge in [0, 0.05) is 26.2 Å². The van der Waals surface area contributed by atoms with E-state index >= 15 is 0 Å². The van der Waals surface area contributed by atoms with Crippen LogP contribution >= 0.6 is 24.0 Å². The number of alkyl carbamates (subject to hydrolysis) is 1. The highest BCUT2D eigenvalue weighted by Gasteiger charge is 2.15. The second kappa shape index (κ2) is 14.3. The summed E-state index contributed by atoms with van der Waals surface area (Å²) in [7, 11) is 1.68. The largest absolute Gasteiger partial charge is 0.496 e. The Labute approximate surface area is 186 Å². The van der Waals surface area contributed by atoms with Crippen LogP contribution in [-0.2, 0) is 11.2 Å². The molecule has 28 heavy (non-hydrogen) atoms. The van der Waals surface area contributed by atoms with Crippen molar-refractivity contribution in [3.8, 4) is 5.75 Å². The van der Waals surface area contributed by atoms with Crippen LogP contribution in [0.2, 0.25) is 0 Å². The summed E-state index contributed by atoms with van der Waals surface area (Å²) in [6.07, 6.45) is 1.19. The van der Waals surface area contributed by atoms with Crippen LogP contribution in [0.5, 0.6) is 5.75 Å². The van der Waals surface area contributed by atoms with Crippen LogP contribution in [0.15, 0.2) is 29.3 Å². The predicted molar refractivity (Wildman–Crippen MR) is 125 cm³/mol. The minimum atomic E-state index is -0.480. The van der Waals surface area contributed by atoms with E-state index in [0.29, 0.717) is 13.1 Å². The number of halogens is 1. The van der Waals surface area contributed by atoms with E-state index in [0.717, 1.165) is 43.2 Å². The van der Waals surface area contributed by atoms with Crippen LogP contribution < -0.4 is 20.7 Å². The first kappa shape index (κ1) is 26.3. The highest BCUT2D eigenvalue weighted by atomic mass is 127. The number of hydrogen-bond donors (Lipinski definition) is 3. The lowest BCUT2D eigenvalue weighted by molar-refractivity contribution is 0.0527. The van der Waals surface area contributed by atoms with Gasteiger partial charge < -0.3 is 25.4 Å². The fourth-order valence-electron chi connectivity index (χ4n) is 2.34. The van der Waals surface area contributed by atoms with Gasteiger partial charge in [0.25, 0.3) is 0 Å². The van der Waals surface area contributed by atoms with E-state index in [-0.39, 0.29) is 24.0 Å². The molecule has 0 unspecified atom stereocenters. The number of hydrogen-bond acceptors (Lipinski definition) is 4. The molecule has 0 aliphatic heterocycles. The van der Waals surface area contributed by atoms with E-state index in [2.05, 4.69) is 27.0 Å². The van der Waals surface area contributed by atoms with Gasteiger partial charge in [-0.3, -0.25) is 4.99 Å². The number of para-hydroxylation sites is 1. The highest BCUT2D eigenvalue weighted by Crippen LogP contribution is 2.17. The first-order valence-corrected chi connectivity index (χ1v) is 9.46. The molecule has 1 aromatic rings. The summed E-state index contributed by atoms with van der Waals surface area (Å²) in [5.74, 6) is 1.67. The molecule has 0 aliphatic rings. The average Bonchev–Trinajstić information content (AvgIpc) is 2.60. The molecule has 0 radical (unpaired) electrons.